The van der Waals surface area contributed by atoms with Crippen LogP contribution in [-0.2, 0) is 6.54 Å². The topological polar surface area (TPSA) is 52.0 Å². The molecule has 24 heavy (non-hydrogen) atoms. The quantitative estimate of drug-likeness (QED) is 0.659. The molecule has 0 unspecified atom stereocenters. The van der Waals surface area contributed by atoms with Crippen molar-refractivity contribution < 1.29 is 4.79 Å². The summed E-state index contributed by atoms with van der Waals surface area (Å²) in [6.07, 6.45) is 0. The SMILES string of the molecule is O=C(Cn1nc(-c2ccc(Cl)cc2)ccc1=O)c1ccc(Cl)cc1. The number of Topliss-reactive ketones (excluding diaryl/α,β-unsaturated/α-hetero) is 1. The van der Waals surface area contributed by atoms with Crippen LogP contribution in [0.4, 0.5) is 0 Å². The fraction of sp³-hybridized carbons (Fsp3) is 0.0556. The maximum absolute atomic E-state index is 12.3. The third-order valence-electron chi connectivity index (χ3n) is 3.47. The first-order valence-electron chi connectivity index (χ1n) is 7.16. The van der Waals surface area contributed by atoms with E-state index < -0.39 is 0 Å². The van der Waals surface area contributed by atoms with Gasteiger partial charge in [0.15, 0.2) is 5.78 Å². The Morgan fingerprint density at radius 3 is 2.08 bits per heavy atom. The normalized spacial score (nSPS) is 10.6. The average Bonchev–Trinajstić information content (AvgIpc) is 2.58. The Labute approximate surface area is 148 Å². The van der Waals surface area contributed by atoms with E-state index in [1.807, 2.05) is 0 Å². The van der Waals surface area contributed by atoms with Gasteiger partial charge in [0.05, 0.1) is 5.69 Å². The highest BCUT2D eigenvalue weighted by Gasteiger charge is 2.10. The lowest BCUT2D eigenvalue weighted by molar-refractivity contribution is 0.0966. The number of carbonyl (C=O) groups is 1. The van der Waals surface area contributed by atoms with Gasteiger partial charge in [0, 0.05) is 27.2 Å². The van der Waals surface area contributed by atoms with E-state index >= 15 is 0 Å². The van der Waals surface area contributed by atoms with Crippen LogP contribution in [0.1, 0.15) is 10.4 Å². The van der Waals surface area contributed by atoms with E-state index in [0.29, 0.717) is 21.3 Å². The van der Waals surface area contributed by atoms with Gasteiger partial charge in [-0.2, -0.15) is 5.10 Å². The van der Waals surface area contributed by atoms with Crippen LogP contribution in [0.15, 0.2) is 65.5 Å². The fourth-order valence-electron chi connectivity index (χ4n) is 2.20. The zero-order chi connectivity index (χ0) is 17.1. The summed E-state index contributed by atoms with van der Waals surface area (Å²) >= 11 is 11.7. The molecule has 1 heterocycles. The van der Waals surface area contributed by atoms with Gasteiger partial charge >= 0.3 is 0 Å². The number of nitrogens with zero attached hydrogens (tertiary/aromatic N) is 2. The summed E-state index contributed by atoms with van der Waals surface area (Å²) in [7, 11) is 0. The number of carbonyl (C=O) groups excluding carboxylic acids is 1. The maximum Gasteiger partial charge on any atom is 0.267 e. The van der Waals surface area contributed by atoms with Gasteiger partial charge in [-0.3, -0.25) is 9.59 Å². The Kier molecular flexibility index (Phi) is 4.79. The molecule has 0 atom stereocenters. The van der Waals surface area contributed by atoms with E-state index in [4.69, 9.17) is 23.2 Å². The average molecular weight is 359 g/mol. The van der Waals surface area contributed by atoms with Gasteiger partial charge in [0.2, 0.25) is 0 Å². The van der Waals surface area contributed by atoms with Crippen molar-refractivity contribution in [3.8, 4) is 11.3 Å². The van der Waals surface area contributed by atoms with Gasteiger partial charge in [-0.15, -0.1) is 0 Å². The van der Waals surface area contributed by atoms with Crippen LogP contribution in [0.2, 0.25) is 10.0 Å². The Morgan fingerprint density at radius 2 is 1.46 bits per heavy atom. The number of rotatable bonds is 4. The summed E-state index contributed by atoms with van der Waals surface area (Å²) in [6, 6.07) is 16.6. The van der Waals surface area contributed by atoms with Crippen molar-refractivity contribution in [2.24, 2.45) is 0 Å². The van der Waals surface area contributed by atoms with Crippen molar-refractivity contribution in [3.63, 3.8) is 0 Å². The molecule has 0 N–H and O–H groups in total. The van der Waals surface area contributed by atoms with Crippen LogP contribution in [0, 0.1) is 0 Å². The first kappa shape index (κ1) is 16.4. The van der Waals surface area contributed by atoms with Gasteiger partial charge in [0.25, 0.3) is 5.56 Å². The Balaban J connectivity index is 1.89. The van der Waals surface area contributed by atoms with E-state index in [0.717, 1.165) is 10.2 Å². The highest BCUT2D eigenvalue weighted by atomic mass is 35.5. The van der Waals surface area contributed by atoms with Crippen LogP contribution in [0.5, 0.6) is 0 Å². The van der Waals surface area contributed by atoms with Crippen molar-refractivity contribution in [3.05, 3.63) is 86.6 Å². The molecule has 3 aromatic rings. The molecule has 1 aromatic heterocycles. The lowest BCUT2D eigenvalue weighted by Crippen LogP contribution is -2.26. The molecule has 0 aliphatic heterocycles. The summed E-state index contributed by atoms with van der Waals surface area (Å²) in [4.78, 5) is 24.3. The Hall–Kier alpha value is -2.43. The first-order valence-corrected chi connectivity index (χ1v) is 7.91. The molecule has 0 aliphatic rings. The molecule has 4 nitrogen and oxygen atoms in total. The monoisotopic (exact) mass is 358 g/mol. The number of halogens is 2. The van der Waals surface area contributed by atoms with Crippen LogP contribution >= 0.6 is 23.2 Å². The third-order valence-corrected chi connectivity index (χ3v) is 3.97. The molecular weight excluding hydrogens is 347 g/mol. The maximum atomic E-state index is 12.3. The molecule has 0 aliphatic carbocycles. The molecule has 120 valence electrons. The number of benzene rings is 2. The van der Waals surface area contributed by atoms with E-state index in [1.54, 1.807) is 54.6 Å². The van der Waals surface area contributed by atoms with Crippen molar-refractivity contribution in [1.29, 1.82) is 0 Å². The predicted octanol–water partition coefficient (Wildman–Crippen LogP) is 4.10. The van der Waals surface area contributed by atoms with Crippen molar-refractivity contribution >= 4 is 29.0 Å². The minimum absolute atomic E-state index is 0.137. The number of aromatic nitrogens is 2. The molecule has 6 heteroatoms. The second-order valence-electron chi connectivity index (χ2n) is 5.15. The zero-order valence-electron chi connectivity index (χ0n) is 12.4. The number of hydrogen-bond donors (Lipinski definition) is 0. The van der Waals surface area contributed by atoms with Gasteiger partial charge in [-0.25, -0.2) is 4.68 Å². The molecule has 0 spiro atoms. The molecule has 0 saturated heterocycles. The summed E-state index contributed by atoms with van der Waals surface area (Å²) < 4.78 is 1.15. The summed E-state index contributed by atoms with van der Waals surface area (Å²) in [5.74, 6) is -0.213. The molecule has 0 radical (unpaired) electrons. The fourth-order valence-corrected chi connectivity index (χ4v) is 2.45. The molecular formula is C18H12Cl2N2O2. The second-order valence-corrected chi connectivity index (χ2v) is 6.02. The van der Waals surface area contributed by atoms with Crippen molar-refractivity contribution in [2.45, 2.75) is 6.54 Å². The van der Waals surface area contributed by atoms with Crippen molar-refractivity contribution in [2.75, 3.05) is 0 Å². The van der Waals surface area contributed by atoms with Gasteiger partial charge in [0.1, 0.15) is 6.54 Å². The van der Waals surface area contributed by atoms with E-state index in [2.05, 4.69) is 5.10 Å². The summed E-state index contributed by atoms with van der Waals surface area (Å²) in [6.45, 7) is -0.137. The Bertz CT molecular complexity index is 932. The zero-order valence-corrected chi connectivity index (χ0v) is 14.0. The largest absolute Gasteiger partial charge is 0.292 e. The van der Waals surface area contributed by atoms with Crippen LogP contribution < -0.4 is 5.56 Å². The van der Waals surface area contributed by atoms with Crippen molar-refractivity contribution in [1.82, 2.24) is 9.78 Å². The summed E-state index contributed by atoms with van der Waals surface area (Å²) in [5, 5.41) is 5.43. The van der Waals surface area contributed by atoms with Crippen LogP contribution in [-0.4, -0.2) is 15.6 Å². The highest BCUT2D eigenvalue weighted by molar-refractivity contribution is 6.30. The van der Waals surface area contributed by atoms with E-state index in [1.165, 1.54) is 6.07 Å². The predicted molar refractivity (Wildman–Crippen MR) is 94.7 cm³/mol. The lowest BCUT2D eigenvalue weighted by Gasteiger charge is -2.07. The number of hydrogen-bond acceptors (Lipinski definition) is 3. The lowest BCUT2D eigenvalue weighted by atomic mass is 10.1. The van der Waals surface area contributed by atoms with Gasteiger partial charge in [-0.1, -0.05) is 35.3 Å². The highest BCUT2D eigenvalue weighted by Crippen LogP contribution is 2.18. The third kappa shape index (κ3) is 3.72. The minimum atomic E-state index is -0.338. The van der Waals surface area contributed by atoms with E-state index in [-0.39, 0.29) is 17.9 Å². The standard InChI is InChI=1S/C18H12Cl2N2O2/c19-14-5-1-12(2-6-14)16-9-10-18(24)22(21-16)11-17(23)13-3-7-15(20)8-4-13/h1-10H,11H2. The second kappa shape index (κ2) is 6.99. The smallest absolute Gasteiger partial charge is 0.267 e. The first-order chi connectivity index (χ1) is 11.5. The van der Waals surface area contributed by atoms with Crippen LogP contribution in [0.3, 0.4) is 0 Å². The molecule has 3 rings (SSSR count). The molecule has 0 bridgehead atoms. The van der Waals surface area contributed by atoms with Gasteiger partial charge in [-0.05, 0) is 42.5 Å². The Morgan fingerprint density at radius 1 is 0.875 bits per heavy atom. The minimum Gasteiger partial charge on any atom is -0.292 e. The van der Waals surface area contributed by atoms with Gasteiger partial charge < -0.3 is 0 Å². The number of ketones is 1. The van der Waals surface area contributed by atoms with Crippen LogP contribution in [0.25, 0.3) is 11.3 Å². The van der Waals surface area contributed by atoms with E-state index in [9.17, 15) is 9.59 Å². The molecule has 2 aromatic carbocycles. The molecule has 0 amide bonds. The molecule has 0 saturated carbocycles. The summed E-state index contributed by atoms with van der Waals surface area (Å²) in [5.41, 5.74) is 1.54. The molecule has 0 fully saturated rings.